The molecule has 0 fully saturated rings. The fraction of sp³-hybridized carbons (Fsp3) is 0.625. The van der Waals surface area contributed by atoms with Crippen molar-refractivity contribution >= 4 is 129 Å². The highest BCUT2D eigenvalue weighted by Gasteiger charge is 2.51. The van der Waals surface area contributed by atoms with E-state index in [9.17, 15) is 0 Å². The molecule has 1 aliphatic heterocycles. The number of ether oxygens (including phenoxy) is 2. The van der Waals surface area contributed by atoms with Crippen LogP contribution in [0.4, 0.5) is 17.6 Å². The minimum Gasteiger partial charge on any atom is -0.491 e. The molecule has 530 valence electrons. The van der Waals surface area contributed by atoms with Crippen LogP contribution in [0.5, 0.6) is 11.5 Å². The molecule has 4 unspecified atom stereocenters. The van der Waals surface area contributed by atoms with E-state index in [0.29, 0.717) is 73.6 Å². The standard InChI is InChI=1S/C80H110F4N4O2S6Si/c1-11-19-25-29-31-35-41-55(39-33-27-21-13-3)47-89-75-57-43-51(9)91-77(57)76(90-48-56(40-34-28-22-14-4)42-36-32-30-26-20-12-2)58-44-59(92-78(58)75)64-69(83)70(84)66(74-73(64)87-96-88-74)61-46-63-80(94-61)79-62(45-60(93-79)65-68(82)67(81)52(10)71-72(65)86-95-85-71)97(63,49-53(17-7)37-23-15-5)50-54(18-8)38-24-16-6/h43-46,53-56H,11-42,47-50H2,1-10H3. The second kappa shape index (κ2) is 36.8. The first-order chi connectivity index (χ1) is 47.3. The molecule has 6 nitrogen and oxygen atoms in total. The number of aromatic nitrogens is 4. The highest BCUT2D eigenvalue weighted by atomic mass is 32.1. The largest absolute Gasteiger partial charge is 0.491 e. The molecule has 4 atom stereocenters. The zero-order valence-corrected chi connectivity index (χ0v) is 66.0. The van der Waals surface area contributed by atoms with Crippen molar-refractivity contribution in [2.24, 2.45) is 23.7 Å². The molecule has 1 aliphatic rings. The number of hydrogen-bond acceptors (Lipinski definition) is 12. The third-order valence-corrected chi connectivity index (χ3v) is 33.0. The lowest BCUT2D eigenvalue weighted by Gasteiger charge is -2.35. The van der Waals surface area contributed by atoms with Gasteiger partial charge in [0.1, 0.15) is 41.6 Å². The molecule has 0 radical (unpaired) electrons. The minimum atomic E-state index is -2.83. The van der Waals surface area contributed by atoms with Gasteiger partial charge in [-0.25, -0.2) is 17.6 Å². The Balaban J connectivity index is 1.11. The fourth-order valence-corrected chi connectivity index (χ4v) is 29.6. The van der Waals surface area contributed by atoms with Crippen LogP contribution in [0.1, 0.15) is 271 Å². The van der Waals surface area contributed by atoms with Crippen LogP contribution in [0.25, 0.3) is 83.3 Å². The smallest absolute Gasteiger partial charge is 0.170 e. The van der Waals surface area contributed by atoms with Gasteiger partial charge in [-0.2, -0.15) is 17.5 Å². The van der Waals surface area contributed by atoms with Gasteiger partial charge in [0, 0.05) is 45.6 Å². The van der Waals surface area contributed by atoms with E-state index in [2.05, 4.69) is 95.3 Å². The molecule has 9 aromatic rings. The average molecular weight is 1460 g/mol. The molecular formula is C80H110F4N4O2S6Si. The average Bonchev–Trinajstić information content (AvgIpc) is 1.56. The summed E-state index contributed by atoms with van der Waals surface area (Å²) in [5.41, 5.74) is 2.03. The van der Waals surface area contributed by atoms with Gasteiger partial charge < -0.3 is 9.47 Å². The van der Waals surface area contributed by atoms with Gasteiger partial charge in [-0.15, -0.1) is 45.3 Å². The Kier molecular flexibility index (Phi) is 28.8. The van der Waals surface area contributed by atoms with E-state index >= 15 is 17.6 Å². The van der Waals surface area contributed by atoms with Gasteiger partial charge in [-0.05, 0) is 110 Å². The molecule has 0 aliphatic carbocycles. The van der Waals surface area contributed by atoms with Crippen molar-refractivity contribution in [3.8, 4) is 52.6 Å². The monoisotopic (exact) mass is 1450 g/mol. The number of unbranched alkanes of at least 4 members (excludes halogenated alkanes) is 18. The second-order valence-corrected chi connectivity index (χ2v) is 38.3. The Morgan fingerprint density at radius 2 is 0.732 bits per heavy atom. The highest BCUT2D eigenvalue weighted by molar-refractivity contribution is 7.32. The van der Waals surface area contributed by atoms with Gasteiger partial charge in [-0.3, -0.25) is 0 Å². The maximum Gasteiger partial charge on any atom is 0.170 e. The number of aryl methyl sites for hydroxylation is 2. The van der Waals surface area contributed by atoms with Crippen LogP contribution >= 0.6 is 68.8 Å². The van der Waals surface area contributed by atoms with E-state index in [1.54, 1.807) is 18.3 Å². The number of nitrogens with zero attached hydrogens (tertiary/aromatic N) is 4. The van der Waals surface area contributed by atoms with E-state index in [4.69, 9.17) is 18.2 Å². The Morgan fingerprint density at radius 3 is 1.16 bits per heavy atom. The molecule has 6 aromatic heterocycles. The van der Waals surface area contributed by atoms with Crippen molar-refractivity contribution in [3.05, 3.63) is 58.0 Å². The van der Waals surface area contributed by atoms with Crippen LogP contribution in [0.2, 0.25) is 12.1 Å². The summed E-state index contributed by atoms with van der Waals surface area (Å²) in [5.74, 6) is -0.404. The van der Waals surface area contributed by atoms with E-state index < -0.39 is 31.3 Å². The van der Waals surface area contributed by atoms with Crippen molar-refractivity contribution in [1.29, 1.82) is 0 Å². The molecule has 0 N–H and O–H groups in total. The van der Waals surface area contributed by atoms with Crippen LogP contribution in [0.3, 0.4) is 0 Å². The normalized spacial score (nSPS) is 15.2. The van der Waals surface area contributed by atoms with Crippen LogP contribution in [-0.2, 0) is 0 Å². The molecule has 17 heteroatoms. The summed E-state index contributed by atoms with van der Waals surface area (Å²) in [6, 6.07) is 10.7. The summed E-state index contributed by atoms with van der Waals surface area (Å²) >= 11 is 8.17. The molecule has 7 heterocycles. The molecule has 10 rings (SSSR count). The zero-order valence-electron chi connectivity index (χ0n) is 60.1. The van der Waals surface area contributed by atoms with Crippen molar-refractivity contribution in [2.75, 3.05) is 13.2 Å². The maximum absolute atomic E-state index is 18.4. The third kappa shape index (κ3) is 17.3. The third-order valence-electron chi connectivity index (χ3n) is 21.5. The molecular weight excluding hydrogens is 1350 g/mol. The summed E-state index contributed by atoms with van der Waals surface area (Å²) in [6.07, 6.45) is 37.9. The van der Waals surface area contributed by atoms with E-state index in [-0.39, 0.29) is 22.3 Å². The van der Waals surface area contributed by atoms with E-state index in [0.717, 1.165) is 154 Å². The topological polar surface area (TPSA) is 70.0 Å². The summed E-state index contributed by atoms with van der Waals surface area (Å²) in [7, 11) is -2.83. The summed E-state index contributed by atoms with van der Waals surface area (Å²) in [6.45, 7) is 23.2. The lowest BCUT2D eigenvalue weighted by Crippen LogP contribution is -2.56. The summed E-state index contributed by atoms with van der Waals surface area (Å²) in [4.78, 5) is 5.09. The van der Waals surface area contributed by atoms with Gasteiger partial charge in [0.2, 0.25) is 0 Å². The number of fused-ring (bicyclic) bond motifs is 7. The molecule has 0 saturated heterocycles. The molecule has 0 spiro atoms. The lowest BCUT2D eigenvalue weighted by molar-refractivity contribution is 0.226. The molecule has 3 aromatic carbocycles. The van der Waals surface area contributed by atoms with Gasteiger partial charge in [0.15, 0.2) is 23.3 Å². The van der Waals surface area contributed by atoms with Gasteiger partial charge in [0.05, 0.1) is 62.8 Å². The van der Waals surface area contributed by atoms with Crippen LogP contribution in [0, 0.1) is 60.8 Å². The number of benzene rings is 3. The quantitative estimate of drug-likeness (QED) is 0.0215. The molecule has 97 heavy (non-hydrogen) atoms. The first-order valence-electron chi connectivity index (χ1n) is 38.1. The van der Waals surface area contributed by atoms with E-state index in [1.165, 1.54) is 178 Å². The van der Waals surface area contributed by atoms with Gasteiger partial charge in [-0.1, -0.05) is 235 Å². The Hall–Kier alpha value is -3.84. The first-order valence-corrected chi connectivity index (χ1v) is 45.2. The minimum absolute atomic E-state index is 0.119. The molecule has 0 bridgehead atoms. The second-order valence-electron chi connectivity index (χ2n) is 28.7. The highest BCUT2D eigenvalue weighted by Crippen LogP contribution is 2.55. The fourth-order valence-electron chi connectivity index (χ4n) is 15.7. The first kappa shape index (κ1) is 75.8. The van der Waals surface area contributed by atoms with Crippen molar-refractivity contribution in [1.82, 2.24) is 17.5 Å². The van der Waals surface area contributed by atoms with E-state index in [1.807, 2.05) is 0 Å². The zero-order chi connectivity index (χ0) is 68.6. The van der Waals surface area contributed by atoms with Crippen LogP contribution < -0.4 is 19.8 Å². The SMILES string of the molecule is CCCCCCCCC(CCCCCC)COc1c2cc(-c3c(F)c(F)c(-c4cc5c(s4)-c4sc(-c6c(F)c(F)c(C)c7nsnc67)cc4[Si]5(CC(CC)CCCC)CC(CC)CCCC)c4nsnc34)sc2c(OCC(CCCCCC)CCCCCCCC)c2cc(C)sc12. The van der Waals surface area contributed by atoms with Crippen molar-refractivity contribution in [3.63, 3.8) is 0 Å². The number of thiophene rings is 4. The Morgan fingerprint density at radius 1 is 0.381 bits per heavy atom. The summed E-state index contributed by atoms with van der Waals surface area (Å²) in [5, 5.41) is 4.42. The number of hydrogen-bond donors (Lipinski definition) is 0. The number of halogens is 4. The molecule has 0 saturated carbocycles. The maximum atomic E-state index is 18.4. The van der Waals surface area contributed by atoms with Gasteiger partial charge >= 0.3 is 0 Å². The predicted octanol–water partition coefficient (Wildman–Crippen LogP) is 27.8. The Labute approximate surface area is 603 Å². The van der Waals surface area contributed by atoms with Crippen molar-refractivity contribution in [2.45, 2.75) is 287 Å². The molecule has 0 amide bonds. The van der Waals surface area contributed by atoms with Crippen molar-refractivity contribution < 1.29 is 27.0 Å². The Bertz CT molecular complexity index is 3860. The lowest BCUT2D eigenvalue weighted by atomic mass is 9.95. The summed E-state index contributed by atoms with van der Waals surface area (Å²) < 4.78 is 105. The number of rotatable bonds is 45. The van der Waals surface area contributed by atoms with Gasteiger partial charge in [0.25, 0.3) is 0 Å². The van der Waals surface area contributed by atoms with Crippen LogP contribution in [-0.4, -0.2) is 38.8 Å². The van der Waals surface area contributed by atoms with Crippen LogP contribution in [0.15, 0.2) is 24.3 Å². The predicted molar refractivity (Wildman–Crippen MR) is 419 cm³/mol.